The molecule has 1 saturated carbocycles. The van der Waals surface area contributed by atoms with E-state index in [9.17, 15) is 5.11 Å². The third-order valence-corrected chi connectivity index (χ3v) is 4.63. The van der Waals surface area contributed by atoms with E-state index in [0.717, 1.165) is 6.42 Å². The van der Waals surface area contributed by atoms with Gasteiger partial charge in [-0.05, 0) is 51.0 Å². The Labute approximate surface area is 100 Å². The van der Waals surface area contributed by atoms with Gasteiger partial charge in [-0.25, -0.2) is 0 Å². The quantitative estimate of drug-likeness (QED) is 0.741. The summed E-state index contributed by atoms with van der Waals surface area (Å²) < 4.78 is 0. The Balaban J connectivity index is 2.05. The maximum atomic E-state index is 10.3. The summed E-state index contributed by atoms with van der Waals surface area (Å²) >= 11 is 0. The van der Waals surface area contributed by atoms with Crippen molar-refractivity contribution in [3.63, 3.8) is 0 Å². The van der Waals surface area contributed by atoms with Crippen LogP contribution in [0.4, 0.5) is 0 Å². The van der Waals surface area contributed by atoms with E-state index >= 15 is 0 Å². The van der Waals surface area contributed by atoms with E-state index in [1.807, 2.05) is 0 Å². The molecular weight excluding hydrogens is 198 g/mol. The van der Waals surface area contributed by atoms with Gasteiger partial charge in [0.1, 0.15) is 0 Å². The zero-order chi connectivity index (χ0) is 11.7. The van der Waals surface area contributed by atoms with Crippen molar-refractivity contribution in [1.82, 2.24) is 4.90 Å². The summed E-state index contributed by atoms with van der Waals surface area (Å²) in [5.74, 6) is 1.35. The van der Waals surface area contributed by atoms with Crippen LogP contribution in [-0.2, 0) is 0 Å². The highest BCUT2D eigenvalue weighted by Crippen LogP contribution is 2.35. The largest absolute Gasteiger partial charge is 0.391 e. The van der Waals surface area contributed by atoms with Gasteiger partial charge in [0.05, 0.1) is 6.10 Å². The van der Waals surface area contributed by atoms with E-state index in [0.29, 0.717) is 23.9 Å². The van der Waals surface area contributed by atoms with Crippen LogP contribution in [0.1, 0.15) is 52.9 Å². The Hall–Kier alpha value is -0.0800. The molecule has 94 valence electrons. The van der Waals surface area contributed by atoms with Crippen LogP contribution in [0.15, 0.2) is 0 Å². The molecule has 0 spiro atoms. The number of likely N-dealkylation sites (tertiary alicyclic amines) is 1. The summed E-state index contributed by atoms with van der Waals surface area (Å²) in [4.78, 5) is 2.59. The molecule has 1 heterocycles. The second kappa shape index (κ2) is 5.05. The number of nitrogens with zero attached hydrogens (tertiary/aromatic N) is 1. The first-order valence-electron chi connectivity index (χ1n) is 7.03. The van der Waals surface area contributed by atoms with E-state index in [1.165, 1.54) is 32.2 Å². The number of hydrogen-bond acceptors (Lipinski definition) is 2. The summed E-state index contributed by atoms with van der Waals surface area (Å²) in [5, 5.41) is 10.3. The number of rotatable bonds is 1. The minimum Gasteiger partial charge on any atom is -0.391 e. The summed E-state index contributed by atoms with van der Waals surface area (Å²) in [7, 11) is 0. The molecule has 2 rings (SSSR count). The van der Waals surface area contributed by atoms with Crippen LogP contribution >= 0.6 is 0 Å². The predicted octanol–water partition coefficient (Wildman–Crippen LogP) is 2.66. The first-order valence-corrected chi connectivity index (χ1v) is 7.03. The van der Waals surface area contributed by atoms with Gasteiger partial charge in [-0.3, -0.25) is 4.90 Å². The molecule has 1 aliphatic carbocycles. The Kier molecular flexibility index (Phi) is 3.91. The lowest BCUT2D eigenvalue weighted by Crippen LogP contribution is -2.55. The zero-order valence-electron chi connectivity index (χ0n) is 11.0. The lowest BCUT2D eigenvalue weighted by molar-refractivity contribution is -0.0487. The van der Waals surface area contributed by atoms with Crippen LogP contribution < -0.4 is 0 Å². The summed E-state index contributed by atoms with van der Waals surface area (Å²) in [6.45, 7) is 8.12. The molecular formula is C14H27NO. The van der Waals surface area contributed by atoms with E-state index in [-0.39, 0.29) is 6.10 Å². The maximum Gasteiger partial charge on any atom is 0.0700 e. The number of aliphatic hydroxyl groups is 1. The van der Waals surface area contributed by atoms with Gasteiger partial charge in [0.15, 0.2) is 0 Å². The van der Waals surface area contributed by atoms with Gasteiger partial charge in [0.25, 0.3) is 0 Å². The maximum absolute atomic E-state index is 10.3. The normalized spacial score (nSPS) is 46.9. The van der Waals surface area contributed by atoms with Crippen LogP contribution in [0, 0.1) is 11.8 Å². The summed E-state index contributed by atoms with van der Waals surface area (Å²) in [5.41, 5.74) is 0. The molecule has 2 heteroatoms. The number of aliphatic hydroxyl groups excluding tert-OH is 1. The third kappa shape index (κ3) is 2.43. The SMILES string of the molecule is CC1CC(C)C(N2CCCCC2C)C(O)C1. The molecule has 0 aromatic heterocycles. The van der Waals surface area contributed by atoms with Crippen molar-refractivity contribution in [3.8, 4) is 0 Å². The predicted molar refractivity (Wildman–Crippen MR) is 67.4 cm³/mol. The highest BCUT2D eigenvalue weighted by Gasteiger charge is 2.38. The summed E-state index contributed by atoms with van der Waals surface area (Å²) in [6, 6.07) is 1.09. The Morgan fingerprint density at radius 3 is 2.44 bits per heavy atom. The minimum atomic E-state index is -0.0979. The molecule has 0 aromatic rings. The Morgan fingerprint density at radius 2 is 1.81 bits per heavy atom. The van der Waals surface area contributed by atoms with Crippen LogP contribution in [0.3, 0.4) is 0 Å². The molecule has 0 bridgehead atoms. The average Bonchev–Trinajstić information content (AvgIpc) is 2.19. The molecule has 0 aromatic carbocycles. The molecule has 0 amide bonds. The van der Waals surface area contributed by atoms with Crippen molar-refractivity contribution in [2.24, 2.45) is 11.8 Å². The second-order valence-corrected chi connectivity index (χ2v) is 6.19. The van der Waals surface area contributed by atoms with Gasteiger partial charge in [-0.2, -0.15) is 0 Å². The van der Waals surface area contributed by atoms with Crippen LogP contribution in [0.2, 0.25) is 0 Å². The topological polar surface area (TPSA) is 23.5 Å². The van der Waals surface area contributed by atoms with Crippen molar-refractivity contribution >= 4 is 0 Å². The van der Waals surface area contributed by atoms with Crippen LogP contribution in [0.25, 0.3) is 0 Å². The highest BCUT2D eigenvalue weighted by molar-refractivity contribution is 4.92. The van der Waals surface area contributed by atoms with E-state index < -0.39 is 0 Å². The average molecular weight is 225 g/mol. The minimum absolute atomic E-state index is 0.0979. The smallest absolute Gasteiger partial charge is 0.0700 e. The molecule has 5 atom stereocenters. The first-order chi connectivity index (χ1) is 7.59. The standard InChI is InChI=1S/C14H27NO/c1-10-8-11(2)14(13(16)9-10)15-7-5-4-6-12(15)3/h10-14,16H,4-9H2,1-3H3. The fourth-order valence-corrected chi connectivity index (χ4v) is 3.91. The molecule has 0 radical (unpaired) electrons. The van der Waals surface area contributed by atoms with E-state index in [2.05, 4.69) is 25.7 Å². The molecule has 2 fully saturated rings. The van der Waals surface area contributed by atoms with Gasteiger partial charge >= 0.3 is 0 Å². The number of hydrogen-bond donors (Lipinski definition) is 1. The van der Waals surface area contributed by atoms with Crippen molar-refractivity contribution in [1.29, 1.82) is 0 Å². The van der Waals surface area contributed by atoms with Crippen molar-refractivity contribution in [3.05, 3.63) is 0 Å². The van der Waals surface area contributed by atoms with Gasteiger partial charge in [-0.15, -0.1) is 0 Å². The molecule has 2 nitrogen and oxygen atoms in total. The second-order valence-electron chi connectivity index (χ2n) is 6.19. The van der Waals surface area contributed by atoms with Gasteiger partial charge in [-0.1, -0.05) is 20.3 Å². The van der Waals surface area contributed by atoms with Gasteiger partial charge in [0.2, 0.25) is 0 Å². The molecule has 1 N–H and O–H groups in total. The van der Waals surface area contributed by atoms with Crippen LogP contribution in [-0.4, -0.2) is 34.7 Å². The monoisotopic (exact) mass is 225 g/mol. The van der Waals surface area contributed by atoms with Crippen molar-refractivity contribution in [2.45, 2.75) is 71.1 Å². The fourth-order valence-electron chi connectivity index (χ4n) is 3.91. The lowest BCUT2D eigenvalue weighted by Gasteiger charge is -2.47. The molecule has 16 heavy (non-hydrogen) atoms. The summed E-state index contributed by atoms with van der Waals surface area (Å²) in [6.07, 6.45) is 6.18. The van der Waals surface area contributed by atoms with Crippen molar-refractivity contribution < 1.29 is 5.11 Å². The van der Waals surface area contributed by atoms with Gasteiger partial charge in [0, 0.05) is 12.1 Å². The molecule has 1 aliphatic heterocycles. The van der Waals surface area contributed by atoms with Crippen molar-refractivity contribution in [2.75, 3.05) is 6.54 Å². The van der Waals surface area contributed by atoms with E-state index in [4.69, 9.17) is 0 Å². The Morgan fingerprint density at radius 1 is 1.06 bits per heavy atom. The van der Waals surface area contributed by atoms with Crippen LogP contribution in [0.5, 0.6) is 0 Å². The zero-order valence-corrected chi connectivity index (χ0v) is 11.0. The number of piperidine rings is 1. The fraction of sp³-hybridized carbons (Fsp3) is 1.00. The highest BCUT2D eigenvalue weighted by atomic mass is 16.3. The van der Waals surface area contributed by atoms with Gasteiger partial charge < -0.3 is 5.11 Å². The molecule has 1 saturated heterocycles. The lowest BCUT2D eigenvalue weighted by atomic mass is 9.76. The Bertz CT molecular complexity index is 219. The molecule has 2 aliphatic rings. The van der Waals surface area contributed by atoms with E-state index in [1.54, 1.807) is 0 Å². The molecule has 5 unspecified atom stereocenters. The third-order valence-electron chi connectivity index (χ3n) is 4.63. The first kappa shape index (κ1) is 12.4.